The zero-order valence-corrected chi connectivity index (χ0v) is 26.3. The Labute approximate surface area is 232 Å². The van der Waals surface area contributed by atoms with Crippen molar-refractivity contribution in [2.75, 3.05) is 0 Å². The van der Waals surface area contributed by atoms with Crippen LogP contribution in [0.15, 0.2) is 12.1 Å². The van der Waals surface area contributed by atoms with Crippen molar-refractivity contribution >= 4 is 12.3 Å². The molecule has 218 valence electrons. The van der Waals surface area contributed by atoms with Gasteiger partial charge in [-0.05, 0) is 77.3 Å². The molecule has 6 heteroatoms. The van der Waals surface area contributed by atoms with Crippen LogP contribution in [0, 0.1) is 0 Å². The molecule has 0 radical (unpaired) electrons. The summed E-state index contributed by atoms with van der Waals surface area (Å²) in [6.07, 6.45) is 6.75. The average molecular weight is 535 g/mol. The van der Waals surface area contributed by atoms with E-state index in [4.69, 9.17) is 18.9 Å². The van der Waals surface area contributed by atoms with Crippen molar-refractivity contribution < 1.29 is 28.5 Å². The Kier molecular flexibility index (Phi) is 12.2. The lowest BCUT2D eigenvalue weighted by Crippen LogP contribution is -2.29. The Morgan fingerprint density at radius 1 is 0.579 bits per heavy atom. The number of carbonyl (C=O) groups excluding carboxylic acids is 2. The summed E-state index contributed by atoms with van der Waals surface area (Å²) in [5.41, 5.74) is -0.462. The maximum Gasteiger partial charge on any atom is 0.514 e. The maximum atomic E-state index is 12.8. The molecule has 1 aromatic rings. The lowest BCUT2D eigenvalue weighted by molar-refractivity contribution is 0.0179. The first-order valence-electron chi connectivity index (χ1n) is 14.3. The fraction of sp³-hybridized carbons (Fsp3) is 0.750. The van der Waals surface area contributed by atoms with Crippen LogP contribution in [0.3, 0.4) is 0 Å². The van der Waals surface area contributed by atoms with Crippen LogP contribution in [0.2, 0.25) is 0 Å². The molecule has 0 aliphatic heterocycles. The van der Waals surface area contributed by atoms with E-state index < -0.39 is 23.5 Å². The highest BCUT2D eigenvalue weighted by Gasteiger charge is 2.33. The second-order valence-electron chi connectivity index (χ2n) is 13.7. The number of ether oxygens (including phenoxy) is 4. The van der Waals surface area contributed by atoms with Crippen LogP contribution < -0.4 is 9.47 Å². The minimum absolute atomic E-state index is 0.344. The van der Waals surface area contributed by atoms with Gasteiger partial charge in [0.1, 0.15) is 22.7 Å². The molecule has 0 bridgehead atoms. The van der Waals surface area contributed by atoms with Gasteiger partial charge >= 0.3 is 12.3 Å². The summed E-state index contributed by atoms with van der Waals surface area (Å²) in [7, 11) is 0. The third-order valence-electron chi connectivity index (χ3n) is 6.52. The molecular weight excluding hydrogens is 480 g/mol. The Bertz CT molecular complexity index is 839. The summed E-state index contributed by atoms with van der Waals surface area (Å²) in [5.74, 6) is 0.881. The molecule has 0 unspecified atom stereocenters. The maximum absolute atomic E-state index is 12.8. The molecular formula is C32H54O6. The summed E-state index contributed by atoms with van der Waals surface area (Å²) in [4.78, 5) is 25.6. The van der Waals surface area contributed by atoms with Gasteiger partial charge < -0.3 is 18.9 Å². The van der Waals surface area contributed by atoms with E-state index in [0.29, 0.717) is 11.5 Å². The van der Waals surface area contributed by atoms with Crippen LogP contribution in [-0.4, -0.2) is 23.5 Å². The van der Waals surface area contributed by atoms with Gasteiger partial charge in [-0.1, -0.05) is 80.1 Å². The molecule has 0 fully saturated rings. The third-order valence-corrected chi connectivity index (χ3v) is 6.52. The summed E-state index contributed by atoms with van der Waals surface area (Å²) in [6.45, 7) is 23.7. The lowest BCUT2D eigenvalue weighted by Gasteiger charge is -2.32. The first kappa shape index (κ1) is 33.8. The monoisotopic (exact) mass is 534 g/mol. The zero-order chi connectivity index (χ0) is 29.4. The van der Waals surface area contributed by atoms with E-state index in [1.807, 2.05) is 53.7 Å². The Hall–Kier alpha value is -2.24. The summed E-state index contributed by atoms with van der Waals surface area (Å²) in [6, 6.07) is 3.74. The molecule has 0 heterocycles. The largest absolute Gasteiger partial charge is 0.514 e. The Balaban J connectivity index is 3.72. The van der Waals surface area contributed by atoms with E-state index in [-0.39, 0.29) is 10.8 Å². The van der Waals surface area contributed by atoms with Crippen molar-refractivity contribution in [1.82, 2.24) is 0 Å². The quantitative estimate of drug-likeness (QED) is 0.151. The summed E-state index contributed by atoms with van der Waals surface area (Å²) in [5, 5.41) is 0. The minimum Gasteiger partial charge on any atom is -0.428 e. The third kappa shape index (κ3) is 11.7. The molecule has 0 aliphatic carbocycles. The van der Waals surface area contributed by atoms with Crippen molar-refractivity contribution in [3.8, 4) is 11.5 Å². The van der Waals surface area contributed by atoms with Crippen LogP contribution >= 0.6 is 0 Å². The molecule has 0 saturated carbocycles. The van der Waals surface area contributed by atoms with Gasteiger partial charge in [-0.25, -0.2) is 9.59 Å². The van der Waals surface area contributed by atoms with Gasteiger partial charge in [0.05, 0.1) is 0 Å². The van der Waals surface area contributed by atoms with Crippen LogP contribution in [0.1, 0.15) is 146 Å². The highest BCUT2D eigenvalue weighted by atomic mass is 16.7. The molecule has 0 aliphatic rings. The Morgan fingerprint density at radius 3 is 1.16 bits per heavy atom. The number of carbonyl (C=O) groups is 2. The molecule has 1 rings (SSSR count). The van der Waals surface area contributed by atoms with Gasteiger partial charge in [-0.2, -0.15) is 0 Å². The number of hydrogen-bond acceptors (Lipinski definition) is 6. The highest BCUT2D eigenvalue weighted by molar-refractivity contribution is 5.69. The van der Waals surface area contributed by atoms with Crippen molar-refractivity contribution in [2.45, 2.75) is 156 Å². The molecule has 0 saturated heterocycles. The van der Waals surface area contributed by atoms with Crippen molar-refractivity contribution in [1.29, 1.82) is 0 Å². The second kappa shape index (κ2) is 13.7. The van der Waals surface area contributed by atoms with Gasteiger partial charge in [0.2, 0.25) is 0 Å². The van der Waals surface area contributed by atoms with Gasteiger partial charge in [0.25, 0.3) is 0 Å². The fourth-order valence-electron chi connectivity index (χ4n) is 4.41. The van der Waals surface area contributed by atoms with E-state index in [1.54, 1.807) is 0 Å². The zero-order valence-electron chi connectivity index (χ0n) is 26.3. The second-order valence-corrected chi connectivity index (χ2v) is 13.7. The molecule has 0 amide bonds. The van der Waals surface area contributed by atoms with Gasteiger partial charge in [-0.15, -0.1) is 0 Å². The molecule has 0 spiro atoms. The van der Waals surface area contributed by atoms with Crippen LogP contribution in [0.25, 0.3) is 0 Å². The fourth-order valence-corrected chi connectivity index (χ4v) is 4.41. The highest BCUT2D eigenvalue weighted by Crippen LogP contribution is 2.45. The predicted molar refractivity (Wildman–Crippen MR) is 155 cm³/mol. The number of unbranched alkanes of at least 4 members (excludes halogenated alkanes) is 4. The summed E-state index contributed by atoms with van der Waals surface area (Å²) < 4.78 is 22.8. The van der Waals surface area contributed by atoms with E-state index in [1.165, 1.54) is 0 Å². The normalized spacial score (nSPS) is 12.7. The van der Waals surface area contributed by atoms with Crippen LogP contribution in [0.4, 0.5) is 9.59 Å². The van der Waals surface area contributed by atoms with Crippen LogP contribution in [-0.2, 0) is 20.3 Å². The van der Waals surface area contributed by atoms with Crippen LogP contribution in [0.5, 0.6) is 11.5 Å². The molecule has 6 nitrogen and oxygen atoms in total. The van der Waals surface area contributed by atoms with E-state index >= 15 is 0 Å². The standard InChI is InChI=1S/C32H54O6/c1-13-15-17-19-31(9,10)23-21-26(36-28(34)38-30(6,7)8)24(32(11,12)20-18-16-14-2)22-25(23)35-27(33)37-29(3,4)5/h21-22H,13-20H2,1-12H3. The molecule has 0 aromatic heterocycles. The molecule has 0 N–H and O–H groups in total. The first-order valence-corrected chi connectivity index (χ1v) is 14.3. The lowest BCUT2D eigenvalue weighted by atomic mass is 9.75. The van der Waals surface area contributed by atoms with E-state index in [0.717, 1.165) is 62.5 Å². The van der Waals surface area contributed by atoms with Crippen molar-refractivity contribution in [3.63, 3.8) is 0 Å². The van der Waals surface area contributed by atoms with E-state index in [2.05, 4.69) is 41.5 Å². The predicted octanol–water partition coefficient (Wildman–Crippen LogP) is 10.0. The SMILES string of the molecule is CCCCCC(C)(C)c1cc(OC(=O)OC(C)(C)C)c(C(C)(C)CCCCC)cc1OC(=O)OC(C)(C)C. The smallest absolute Gasteiger partial charge is 0.428 e. The number of rotatable bonds is 12. The number of hydrogen-bond donors (Lipinski definition) is 0. The van der Waals surface area contributed by atoms with Crippen molar-refractivity contribution in [2.24, 2.45) is 0 Å². The molecule has 1 aromatic carbocycles. The van der Waals surface area contributed by atoms with Gasteiger partial charge in [0, 0.05) is 11.1 Å². The first-order chi connectivity index (χ1) is 17.3. The summed E-state index contributed by atoms with van der Waals surface area (Å²) >= 11 is 0. The van der Waals surface area contributed by atoms with Gasteiger partial charge in [0.15, 0.2) is 0 Å². The Morgan fingerprint density at radius 2 is 0.895 bits per heavy atom. The molecule has 0 atom stereocenters. The van der Waals surface area contributed by atoms with Gasteiger partial charge in [-0.3, -0.25) is 0 Å². The molecule has 38 heavy (non-hydrogen) atoms. The topological polar surface area (TPSA) is 71.1 Å². The average Bonchev–Trinajstić information content (AvgIpc) is 2.71. The number of benzene rings is 1. The van der Waals surface area contributed by atoms with E-state index in [9.17, 15) is 9.59 Å². The minimum atomic E-state index is -0.751. The van der Waals surface area contributed by atoms with Crippen molar-refractivity contribution in [3.05, 3.63) is 23.3 Å².